The lowest BCUT2D eigenvalue weighted by molar-refractivity contribution is 0.447. The molecule has 1 heterocycles. The van der Waals surface area contributed by atoms with Crippen LogP contribution in [0.15, 0.2) is 10.7 Å². The molecule has 1 aromatic heterocycles. The van der Waals surface area contributed by atoms with Gasteiger partial charge in [0.25, 0.3) is 0 Å². The lowest BCUT2D eigenvalue weighted by Crippen LogP contribution is -2.22. The van der Waals surface area contributed by atoms with Gasteiger partial charge < -0.3 is 0 Å². The van der Waals surface area contributed by atoms with Crippen LogP contribution in [-0.2, 0) is 12.5 Å². The van der Waals surface area contributed by atoms with Crippen LogP contribution in [0.4, 0.5) is 0 Å². The van der Waals surface area contributed by atoms with E-state index in [1.165, 1.54) is 25.0 Å². The van der Waals surface area contributed by atoms with E-state index in [9.17, 15) is 0 Å². The zero-order valence-electron chi connectivity index (χ0n) is 8.43. The third-order valence-corrected chi connectivity index (χ3v) is 4.51. The van der Waals surface area contributed by atoms with E-state index >= 15 is 0 Å². The molecule has 0 saturated heterocycles. The summed E-state index contributed by atoms with van der Waals surface area (Å²) in [5.41, 5.74) is 1.61. The molecule has 0 spiro atoms. The number of aryl methyl sites for hydroxylation is 1. The van der Waals surface area contributed by atoms with Crippen LogP contribution in [0, 0.1) is 0 Å². The fraction of sp³-hybridized carbons (Fsp3) is 0.700. The van der Waals surface area contributed by atoms with Crippen LogP contribution in [-0.4, -0.2) is 14.6 Å². The molecule has 1 aliphatic rings. The summed E-state index contributed by atoms with van der Waals surface area (Å²) in [5.74, 6) is 0. The van der Waals surface area contributed by atoms with E-state index in [2.05, 4.69) is 43.9 Å². The fourth-order valence-corrected chi connectivity index (χ4v) is 4.24. The van der Waals surface area contributed by atoms with Gasteiger partial charge in [-0.3, -0.25) is 4.68 Å². The molecular weight excluding hydrogens is 308 g/mol. The SMILES string of the molecule is Cn1ncc(Br)c1C1(C)CCC(Br)C1. The van der Waals surface area contributed by atoms with E-state index in [4.69, 9.17) is 0 Å². The Morgan fingerprint density at radius 3 is 2.79 bits per heavy atom. The second kappa shape index (κ2) is 3.63. The number of rotatable bonds is 1. The lowest BCUT2D eigenvalue weighted by atomic mass is 9.85. The topological polar surface area (TPSA) is 17.8 Å². The van der Waals surface area contributed by atoms with Gasteiger partial charge in [-0.05, 0) is 35.2 Å². The molecular formula is C10H14Br2N2. The summed E-state index contributed by atoms with van der Waals surface area (Å²) in [6.07, 6.45) is 5.59. The van der Waals surface area contributed by atoms with Gasteiger partial charge >= 0.3 is 0 Å². The van der Waals surface area contributed by atoms with Crippen molar-refractivity contribution in [2.75, 3.05) is 0 Å². The molecule has 0 aromatic carbocycles. The molecule has 1 fully saturated rings. The Bertz CT molecular complexity index is 328. The number of hydrogen-bond acceptors (Lipinski definition) is 1. The Labute approximate surface area is 101 Å². The van der Waals surface area contributed by atoms with Gasteiger partial charge in [0, 0.05) is 17.3 Å². The number of hydrogen-bond donors (Lipinski definition) is 0. The molecule has 14 heavy (non-hydrogen) atoms. The summed E-state index contributed by atoms with van der Waals surface area (Å²) in [6, 6.07) is 0. The maximum atomic E-state index is 4.29. The monoisotopic (exact) mass is 320 g/mol. The highest BCUT2D eigenvalue weighted by Gasteiger charge is 2.38. The van der Waals surface area contributed by atoms with Crippen LogP contribution in [0.5, 0.6) is 0 Å². The number of aromatic nitrogens is 2. The van der Waals surface area contributed by atoms with Gasteiger partial charge in [-0.1, -0.05) is 22.9 Å². The Kier molecular flexibility index (Phi) is 2.77. The maximum absolute atomic E-state index is 4.29. The molecule has 0 N–H and O–H groups in total. The zero-order valence-corrected chi connectivity index (χ0v) is 11.6. The van der Waals surface area contributed by atoms with Crippen LogP contribution >= 0.6 is 31.9 Å². The molecule has 2 nitrogen and oxygen atoms in total. The molecule has 0 aliphatic heterocycles. The van der Waals surface area contributed by atoms with Crippen molar-refractivity contribution in [3.8, 4) is 0 Å². The predicted molar refractivity (Wildman–Crippen MR) is 64.8 cm³/mol. The highest BCUT2D eigenvalue weighted by Crippen LogP contribution is 2.45. The van der Waals surface area contributed by atoms with Crippen molar-refractivity contribution in [2.45, 2.75) is 36.4 Å². The standard InChI is InChI=1S/C10H14Br2N2/c1-10(4-3-7(11)5-10)9-8(12)6-13-14(9)2/h6-7H,3-5H2,1-2H3. The van der Waals surface area contributed by atoms with Gasteiger partial charge in [-0.25, -0.2) is 0 Å². The summed E-state index contributed by atoms with van der Waals surface area (Å²) in [6.45, 7) is 2.33. The maximum Gasteiger partial charge on any atom is 0.0635 e. The third kappa shape index (κ3) is 1.67. The van der Waals surface area contributed by atoms with Gasteiger partial charge in [-0.2, -0.15) is 5.10 Å². The summed E-state index contributed by atoms with van der Waals surface area (Å²) < 4.78 is 3.14. The van der Waals surface area contributed by atoms with Crippen molar-refractivity contribution in [3.63, 3.8) is 0 Å². The van der Waals surface area contributed by atoms with Crippen LogP contribution in [0.25, 0.3) is 0 Å². The number of nitrogens with zero attached hydrogens (tertiary/aromatic N) is 2. The fourth-order valence-electron chi connectivity index (χ4n) is 2.47. The van der Waals surface area contributed by atoms with Crippen molar-refractivity contribution in [1.29, 1.82) is 0 Å². The summed E-state index contributed by atoms with van der Waals surface area (Å²) in [4.78, 5) is 0.661. The first-order chi connectivity index (χ1) is 6.53. The minimum Gasteiger partial charge on any atom is -0.271 e. The van der Waals surface area contributed by atoms with Crippen molar-refractivity contribution in [1.82, 2.24) is 9.78 Å². The van der Waals surface area contributed by atoms with Gasteiger partial charge in [0.2, 0.25) is 0 Å². The Morgan fingerprint density at radius 1 is 1.64 bits per heavy atom. The Hall–Kier alpha value is 0.170. The van der Waals surface area contributed by atoms with Crippen molar-refractivity contribution in [3.05, 3.63) is 16.4 Å². The van der Waals surface area contributed by atoms with Crippen molar-refractivity contribution < 1.29 is 0 Å². The highest BCUT2D eigenvalue weighted by molar-refractivity contribution is 9.10. The van der Waals surface area contributed by atoms with Gasteiger partial charge in [0.15, 0.2) is 0 Å². The minimum atomic E-state index is 0.276. The van der Waals surface area contributed by atoms with Crippen molar-refractivity contribution >= 4 is 31.9 Å². The lowest BCUT2D eigenvalue weighted by Gasteiger charge is -2.24. The van der Waals surface area contributed by atoms with E-state index in [1.54, 1.807) is 0 Å². The van der Waals surface area contributed by atoms with Gasteiger partial charge in [-0.15, -0.1) is 0 Å². The molecule has 0 radical (unpaired) electrons. The molecule has 0 bridgehead atoms. The normalized spacial score (nSPS) is 32.4. The van der Waals surface area contributed by atoms with E-state index in [-0.39, 0.29) is 5.41 Å². The average molecular weight is 322 g/mol. The minimum absolute atomic E-state index is 0.276. The number of halogens is 2. The quantitative estimate of drug-likeness (QED) is 0.725. The Balaban J connectivity index is 2.39. The largest absolute Gasteiger partial charge is 0.271 e. The third-order valence-electron chi connectivity index (χ3n) is 3.15. The summed E-state index contributed by atoms with van der Waals surface area (Å²) in [7, 11) is 2.02. The van der Waals surface area contributed by atoms with Crippen LogP contribution in [0.3, 0.4) is 0 Å². The van der Waals surface area contributed by atoms with Gasteiger partial charge in [0.1, 0.15) is 0 Å². The summed E-state index contributed by atoms with van der Waals surface area (Å²) in [5, 5.41) is 4.29. The number of alkyl halides is 1. The highest BCUT2D eigenvalue weighted by atomic mass is 79.9. The van der Waals surface area contributed by atoms with E-state index in [1.807, 2.05) is 17.9 Å². The molecule has 2 unspecified atom stereocenters. The molecule has 4 heteroatoms. The van der Waals surface area contributed by atoms with E-state index < -0.39 is 0 Å². The molecule has 1 saturated carbocycles. The van der Waals surface area contributed by atoms with Crippen molar-refractivity contribution in [2.24, 2.45) is 7.05 Å². The second-order valence-electron chi connectivity index (χ2n) is 4.37. The van der Waals surface area contributed by atoms with Crippen LogP contribution in [0.2, 0.25) is 0 Å². The molecule has 0 amide bonds. The average Bonchev–Trinajstić information content (AvgIpc) is 2.58. The molecule has 2 rings (SSSR count). The first-order valence-corrected chi connectivity index (χ1v) is 6.56. The molecule has 1 aliphatic carbocycles. The van der Waals surface area contributed by atoms with E-state index in [0.29, 0.717) is 4.83 Å². The first kappa shape index (κ1) is 10.7. The second-order valence-corrected chi connectivity index (χ2v) is 6.51. The first-order valence-electron chi connectivity index (χ1n) is 4.85. The summed E-state index contributed by atoms with van der Waals surface area (Å²) >= 11 is 7.29. The Morgan fingerprint density at radius 2 is 2.36 bits per heavy atom. The van der Waals surface area contributed by atoms with Crippen LogP contribution in [0.1, 0.15) is 31.9 Å². The molecule has 2 atom stereocenters. The smallest absolute Gasteiger partial charge is 0.0635 e. The van der Waals surface area contributed by atoms with Gasteiger partial charge in [0.05, 0.1) is 16.4 Å². The zero-order chi connectivity index (χ0) is 10.3. The predicted octanol–water partition coefficient (Wildman–Crippen LogP) is 3.39. The molecule has 1 aromatic rings. The van der Waals surface area contributed by atoms with Crippen LogP contribution < -0.4 is 0 Å². The molecule has 78 valence electrons. The van der Waals surface area contributed by atoms with E-state index in [0.717, 1.165) is 4.47 Å².